The third-order valence-electron chi connectivity index (χ3n) is 5.79. The molecule has 2 heterocycles. The van der Waals surface area contributed by atoms with Crippen molar-refractivity contribution in [1.82, 2.24) is 9.97 Å². The fourth-order valence-electron chi connectivity index (χ4n) is 4.06. The van der Waals surface area contributed by atoms with E-state index in [-0.39, 0.29) is 55.6 Å². The van der Waals surface area contributed by atoms with Crippen molar-refractivity contribution in [1.29, 1.82) is 31.6 Å². The fraction of sp³-hybridized carbons (Fsp3) is 0. The lowest BCUT2D eigenvalue weighted by Gasteiger charge is -2.10. The number of nitrogens with zero attached hydrogens (tertiary/aromatic N) is 8. The molecular formula is C28H6F2N8O2. The summed E-state index contributed by atoms with van der Waals surface area (Å²) in [5, 5.41) is 55.9. The average Bonchev–Trinajstić information content (AvgIpc) is 3.59. The molecule has 0 N–H and O–H groups in total. The molecule has 0 aliphatic carbocycles. The van der Waals surface area contributed by atoms with Gasteiger partial charge >= 0.3 is 0 Å². The first-order chi connectivity index (χ1) is 19.4. The second-order valence-electron chi connectivity index (χ2n) is 7.95. The molecule has 0 unspecified atom stereocenters. The molecule has 0 radical (unpaired) electrons. The van der Waals surface area contributed by atoms with E-state index in [2.05, 4.69) is 9.97 Å². The van der Waals surface area contributed by atoms with Crippen molar-refractivity contribution in [3.05, 3.63) is 70.3 Å². The molecule has 0 aliphatic rings. The van der Waals surface area contributed by atoms with Crippen LogP contribution in [0.15, 0.2) is 45.2 Å². The molecule has 0 spiro atoms. The molecule has 5 rings (SSSR count). The minimum atomic E-state index is -0.893. The number of halogens is 2. The van der Waals surface area contributed by atoms with Gasteiger partial charge in [-0.1, -0.05) is 0 Å². The van der Waals surface area contributed by atoms with Gasteiger partial charge in [-0.3, -0.25) is 0 Å². The third-order valence-corrected chi connectivity index (χ3v) is 5.79. The zero-order chi connectivity index (χ0) is 28.6. The SMILES string of the molecule is N#CC(C#N)=c1nc2c(-c3ccc(C#N)cc3F)c3oc(=C(C#N)C#N)nc3c(-c3ccc(C#N)cc3F)c2o1. The van der Waals surface area contributed by atoms with Gasteiger partial charge in [0, 0.05) is 11.1 Å². The zero-order valence-corrected chi connectivity index (χ0v) is 19.6. The van der Waals surface area contributed by atoms with E-state index >= 15 is 8.78 Å². The van der Waals surface area contributed by atoms with Crippen LogP contribution in [0.1, 0.15) is 11.1 Å². The Morgan fingerprint density at radius 2 is 0.975 bits per heavy atom. The predicted molar refractivity (Wildman–Crippen MR) is 130 cm³/mol. The highest BCUT2D eigenvalue weighted by Crippen LogP contribution is 2.43. The van der Waals surface area contributed by atoms with E-state index in [1.54, 1.807) is 24.3 Å². The van der Waals surface area contributed by atoms with Crippen LogP contribution in [0.3, 0.4) is 0 Å². The van der Waals surface area contributed by atoms with E-state index in [1.165, 1.54) is 24.3 Å². The van der Waals surface area contributed by atoms with E-state index in [0.717, 1.165) is 12.1 Å². The maximum Gasteiger partial charge on any atom is 0.249 e. The lowest BCUT2D eigenvalue weighted by Crippen LogP contribution is -2.04. The molecule has 10 nitrogen and oxygen atoms in total. The predicted octanol–water partition coefficient (Wildman–Crippen LogP) is 3.72. The summed E-state index contributed by atoms with van der Waals surface area (Å²) >= 11 is 0. The normalized spacial score (nSPS) is 10.1. The molecule has 5 aromatic rings. The molecule has 0 saturated heterocycles. The summed E-state index contributed by atoms with van der Waals surface area (Å²) in [6.07, 6.45) is 0. The molecule has 0 aliphatic heterocycles. The Morgan fingerprint density at radius 1 is 0.600 bits per heavy atom. The van der Waals surface area contributed by atoms with Crippen LogP contribution in [-0.4, -0.2) is 9.97 Å². The molecule has 0 saturated carbocycles. The standard InChI is InChI=1S/C28H6F2N8O2/c29-19-5-13(7-31)1-3-17(19)21-23-26(40-27(37-23)15(9-33)10-34)22(18-4-2-14(8-32)6-20(18)30)24-25(21)39-28(38-24)16(11-35)12-36/h1-6H. The lowest BCUT2D eigenvalue weighted by atomic mass is 9.95. The molecule has 0 atom stereocenters. The Kier molecular flexibility index (Phi) is 5.92. The minimum Gasteiger partial charge on any atom is -0.434 e. The van der Waals surface area contributed by atoms with Gasteiger partial charge in [0.25, 0.3) is 0 Å². The summed E-state index contributed by atoms with van der Waals surface area (Å²) in [5.74, 6) is -1.79. The van der Waals surface area contributed by atoms with Crippen molar-refractivity contribution in [2.45, 2.75) is 0 Å². The maximum atomic E-state index is 15.4. The zero-order valence-electron chi connectivity index (χ0n) is 19.6. The highest BCUT2D eigenvalue weighted by Gasteiger charge is 2.28. The monoisotopic (exact) mass is 524 g/mol. The smallest absolute Gasteiger partial charge is 0.249 e. The fourth-order valence-corrected chi connectivity index (χ4v) is 4.06. The van der Waals surface area contributed by atoms with Crippen LogP contribution in [-0.2, 0) is 0 Å². The summed E-state index contributed by atoms with van der Waals surface area (Å²) in [7, 11) is 0. The van der Waals surface area contributed by atoms with Crippen molar-refractivity contribution < 1.29 is 17.6 Å². The Morgan fingerprint density at radius 3 is 1.27 bits per heavy atom. The highest BCUT2D eigenvalue weighted by molar-refractivity contribution is 6.15. The molecule has 0 bridgehead atoms. The topological polar surface area (TPSA) is 195 Å². The van der Waals surface area contributed by atoms with Crippen molar-refractivity contribution in [2.24, 2.45) is 0 Å². The van der Waals surface area contributed by atoms with Gasteiger partial charge in [0.2, 0.25) is 11.1 Å². The third kappa shape index (κ3) is 3.73. The van der Waals surface area contributed by atoms with Crippen LogP contribution in [0.5, 0.6) is 0 Å². The number of nitriles is 6. The summed E-state index contributed by atoms with van der Waals surface area (Å²) in [4.78, 5) is 8.46. The second-order valence-corrected chi connectivity index (χ2v) is 7.95. The summed E-state index contributed by atoms with van der Waals surface area (Å²) in [5.41, 5.74) is -3.40. The average molecular weight is 524 g/mol. The molecule has 0 amide bonds. The lowest BCUT2D eigenvalue weighted by molar-refractivity contribution is 0.559. The Labute approximate surface area is 221 Å². The first-order valence-electron chi connectivity index (χ1n) is 10.9. The van der Waals surface area contributed by atoms with Gasteiger partial charge in [0.05, 0.1) is 34.4 Å². The summed E-state index contributed by atoms with van der Waals surface area (Å²) in [6.45, 7) is 0. The van der Waals surface area contributed by atoms with Crippen LogP contribution in [0, 0.1) is 79.6 Å². The van der Waals surface area contributed by atoms with Gasteiger partial charge in [-0.05, 0) is 36.4 Å². The maximum absolute atomic E-state index is 15.4. The van der Waals surface area contributed by atoms with Gasteiger partial charge in [-0.15, -0.1) is 0 Å². The van der Waals surface area contributed by atoms with Crippen molar-refractivity contribution >= 4 is 33.3 Å². The van der Waals surface area contributed by atoms with Crippen molar-refractivity contribution in [3.63, 3.8) is 0 Å². The number of benzene rings is 3. The van der Waals surface area contributed by atoms with E-state index in [4.69, 9.17) is 8.83 Å². The van der Waals surface area contributed by atoms with Gasteiger partial charge in [-0.2, -0.15) is 31.6 Å². The van der Waals surface area contributed by atoms with Gasteiger partial charge < -0.3 is 8.83 Å². The molecular weight excluding hydrogens is 518 g/mol. The van der Waals surface area contributed by atoms with E-state index in [1.807, 2.05) is 12.1 Å². The van der Waals surface area contributed by atoms with Crippen LogP contribution in [0.25, 0.3) is 55.6 Å². The largest absolute Gasteiger partial charge is 0.434 e. The number of hydrogen-bond donors (Lipinski definition) is 0. The Hall–Kier alpha value is -6.86. The molecule has 0 fully saturated rings. The molecule has 3 aromatic carbocycles. The first kappa shape index (κ1) is 24.8. The number of hydrogen-bond acceptors (Lipinski definition) is 10. The summed E-state index contributed by atoms with van der Waals surface area (Å²) < 4.78 is 42.3. The van der Waals surface area contributed by atoms with E-state index in [9.17, 15) is 31.6 Å². The van der Waals surface area contributed by atoms with Gasteiger partial charge in [0.15, 0.2) is 22.3 Å². The number of oxazole rings is 2. The van der Waals surface area contributed by atoms with Gasteiger partial charge in [-0.25, -0.2) is 18.7 Å². The second kappa shape index (κ2) is 9.55. The molecule has 12 heteroatoms. The minimum absolute atomic E-state index is 0.00160. The Bertz CT molecular complexity index is 2070. The Balaban J connectivity index is 2.12. The van der Waals surface area contributed by atoms with E-state index in [0.29, 0.717) is 0 Å². The quantitative estimate of drug-likeness (QED) is 0.328. The van der Waals surface area contributed by atoms with Crippen molar-refractivity contribution in [2.75, 3.05) is 0 Å². The number of aromatic nitrogens is 2. The molecule has 40 heavy (non-hydrogen) atoms. The summed E-state index contributed by atoms with van der Waals surface area (Å²) in [6, 6.07) is 17.2. The van der Waals surface area contributed by atoms with E-state index < -0.39 is 33.9 Å². The van der Waals surface area contributed by atoms with Crippen LogP contribution in [0.2, 0.25) is 0 Å². The number of rotatable bonds is 2. The van der Waals surface area contributed by atoms with Gasteiger partial charge in [0.1, 0.15) is 46.9 Å². The van der Waals surface area contributed by atoms with Crippen LogP contribution in [0.4, 0.5) is 8.78 Å². The van der Waals surface area contributed by atoms with Crippen molar-refractivity contribution in [3.8, 4) is 58.7 Å². The number of fused-ring (bicyclic) bond motifs is 2. The highest BCUT2D eigenvalue weighted by atomic mass is 19.1. The van der Waals surface area contributed by atoms with Crippen LogP contribution < -0.4 is 11.1 Å². The molecule has 184 valence electrons. The first-order valence-corrected chi connectivity index (χ1v) is 10.9. The molecule has 2 aromatic heterocycles. The van der Waals surface area contributed by atoms with Crippen LogP contribution >= 0.6 is 0 Å².